The van der Waals surface area contributed by atoms with Crippen LogP contribution < -0.4 is 9.64 Å². The molecule has 1 heterocycles. The summed E-state index contributed by atoms with van der Waals surface area (Å²) < 4.78 is 6.28. The maximum atomic E-state index is 13.4. The third-order valence-corrected chi connectivity index (χ3v) is 6.68. The van der Waals surface area contributed by atoms with Crippen LogP contribution in [-0.2, 0) is 11.2 Å². The maximum Gasteiger partial charge on any atom is 0.233 e. The summed E-state index contributed by atoms with van der Waals surface area (Å²) in [7, 11) is 5.60. The molecule has 31 heavy (non-hydrogen) atoms. The molecule has 3 aromatic rings. The van der Waals surface area contributed by atoms with Gasteiger partial charge in [-0.15, -0.1) is 12.4 Å². The molecule has 1 aromatic heterocycles. The Bertz CT molecular complexity index is 1060. The predicted octanol–water partition coefficient (Wildman–Crippen LogP) is 5.44. The number of halogens is 2. The Morgan fingerprint density at radius 1 is 1.13 bits per heavy atom. The van der Waals surface area contributed by atoms with Crippen LogP contribution in [0.3, 0.4) is 0 Å². The van der Waals surface area contributed by atoms with Gasteiger partial charge < -0.3 is 9.64 Å². The van der Waals surface area contributed by atoms with Crippen LogP contribution in [0.25, 0.3) is 10.2 Å². The number of hydrogen-bond donors (Lipinski definition) is 0. The maximum absolute atomic E-state index is 13.4. The third-order valence-electron chi connectivity index (χ3n) is 5.14. The molecule has 1 amide bonds. The van der Waals surface area contributed by atoms with Crippen LogP contribution >= 0.6 is 35.3 Å². The van der Waals surface area contributed by atoms with E-state index < -0.39 is 0 Å². The zero-order chi connectivity index (χ0) is 22.0. The molecule has 2 aromatic carbocycles. The van der Waals surface area contributed by atoms with E-state index in [1.165, 1.54) is 16.9 Å². The number of thiazole rings is 1. The summed E-state index contributed by atoms with van der Waals surface area (Å²) in [6, 6.07) is 7.86. The first-order chi connectivity index (χ1) is 14.2. The van der Waals surface area contributed by atoms with Crippen molar-refractivity contribution >= 4 is 56.6 Å². The van der Waals surface area contributed by atoms with Crippen molar-refractivity contribution in [2.24, 2.45) is 0 Å². The lowest BCUT2D eigenvalue weighted by molar-refractivity contribution is -0.118. The Kier molecular flexibility index (Phi) is 8.72. The highest BCUT2D eigenvalue weighted by molar-refractivity contribution is 7.23. The summed E-state index contributed by atoms with van der Waals surface area (Å²) >= 11 is 7.83. The van der Waals surface area contributed by atoms with Crippen molar-refractivity contribution in [1.82, 2.24) is 9.88 Å². The molecule has 0 aliphatic heterocycles. The van der Waals surface area contributed by atoms with E-state index in [2.05, 4.69) is 37.8 Å². The fourth-order valence-corrected chi connectivity index (χ4v) is 4.88. The second-order valence-electron chi connectivity index (χ2n) is 7.83. The lowest BCUT2D eigenvalue weighted by Gasteiger charge is -2.23. The molecule has 0 aliphatic carbocycles. The summed E-state index contributed by atoms with van der Waals surface area (Å²) in [5, 5.41) is 1.26. The van der Waals surface area contributed by atoms with Crippen LogP contribution in [0.2, 0.25) is 5.02 Å². The van der Waals surface area contributed by atoms with Gasteiger partial charge in [0.05, 0.1) is 23.3 Å². The van der Waals surface area contributed by atoms with Crippen molar-refractivity contribution in [1.29, 1.82) is 0 Å². The number of carbonyl (C=O) groups excluding carboxylic acids is 1. The van der Waals surface area contributed by atoms with Crippen molar-refractivity contribution in [3.8, 4) is 5.75 Å². The van der Waals surface area contributed by atoms with Gasteiger partial charge in [-0.2, -0.15) is 0 Å². The highest BCUT2D eigenvalue weighted by Crippen LogP contribution is 2.39. The Hall–Kier alpha value is -1.86. The molecule has 0 unspecified atom stereocenters. The highest BCUT2D eigenvalue weighted by atomic mass is 35.5. The van der Waals surface area contributed by atoms with E-state index in [4.69, 9.17) is 21.3 Å². The standard InChI is InChI=1S/C23H28ClN3O2S.ClH/c1-14-11-15(2)17(16(3)12-14)13-20(28)27(10-9-26(4)5)23-25-21-19(29-6)8-7-18(24)22(21)30-23;/h7-8,11-12H,9-10,13H2,1-6H3;1H. The van der Waals surface area contributed by atoms with E-state index in [-0.39, 0.29) is 18.3 Å². The van der Waals surface area contributed by atoms with Gasteiger partial charge in [-0.1, -0.05) is 40.6 Å². The number of rotatable bonds is 7. The SMILES string of the molecule is COc1ccc(Cl)c2sc(N(CCN(C)C)C(=O)Cc3c(C)cc(C)cc3C)nc12.Cl. The van der Waals surface area contributed by atoms with Gasteiger partial charge >= 0.3 is 0 Å². The van der Waals surface area contributed by atoms with Gasteiger partial charge in [0.2, 0.25) is 5.91 Å². The van der Waals surface area contributed by atoms with E-state index in [0.29, 0.717) is 34.4 Å². The number of aryl methyl sites for hydroxylation is 3. The number of anilines is 1. The number of benzene rings is 2. The number of nitrogens with zero attached hydrogens (tertiary/aromatic N) is 3. The zero-order valence-corrected chi connectivity index (χ0v) is 21.2. The highest BCUT2D eigenvalue weighted by Gasteiger charge is 2.23. The molecule has 0 fully saturated rings. The molecule has 0 saturated carbocycles. The first-order valence-electron chi connectivity index (χ1n) is 9.86. The summed E-state index contributed by atoms with van der Waals surface area (Å²) in [6.45, 7) is 7.49. The Morgan fingerprint density at radius 3 is 2.35 bits per heavy atom. The van der Waals surface area contributed by atoms with Gasteiger partial charge in [0, 0.05) is 13.1 Å². The number of carbonyl (C=O) groups is 1. The molecule has 168 valence electrons. The zero-order valence-electron chi connectivity index (χ0n) is 18.8. The number of methoxy groups -OCH3 is 1. The van der Waals surface area contributed by atoms with Crippen LogP contribution in [0.1, 0.15) is 22.3 Å². The van der Waals surface area contributed by atoms with E-state index in [0.717, 1.165) is 27.9 Å². The second kappa shape index (κ2) is 10.6. The molecule has 0 N–H and O–H groups in total. The van der Waals surface area contributed by atoms with Crippen LogP contribution in [0, 0.1) is 20.8 Å². The smallest absolute Gasteiger partial charge is 0.233 e. The Morgan fingerprint density at radius 2 is 1.77 bits per heavy atom. The predicted molar refractivity (Wildman–Crippen MR) is 134 cm³/mol. The number of ether oxygens (including phenoxy) is 1. The summed E-state index contributed by atoms with van der Waals surface area (Å²) in [5.74, 6) is 0.684. The van der Waals surface area contributed by atoms with E-state index in [9.17, 15) is 4.79 Å². The van der Waals surface area contributed by atoms with E-state index in [1.807, 2.05) is 14.1 Å². The minimum absolute atomic E-state index is 0. The van der Waals surface area contributed by atoms with Gasteiger partial charge in [-0.25, -0.2) is 4.98 Å². The molecule has 0 aliphatic rings. The fourth-order valence-electron chi connectivity index (χ4n) is 3.58. The lowest BCUT2D eigenvalue weighted by Crippen LogP contribution is -2.37. The van der Waals surface area contributed by atoms with Gasteiger partial charge in [0.1, 0.15) is 11.3 Å². The second-order valence-corrected chi connectivity index (χ2v) is 9.21. The summed E-state index contributed by atoms with van der Waals surface area (Å²) in [5.41, 5.74) is 5.26. The van der Waals surface area contributed by atoms with Gasteiger partial charge in [-0.05, 0) is 63.7 Å². The van der Waals surface area contributed by atoms with Crippen molar-refractivity contribution in [2.45, 2.75) is 27.2 Å². The number of hydrogen-bond acceptors (Lipinski definition) is 5. The molecule has 0 atom stereocenters. The van der Waals surface area contributed by atoms with Crippen molar-refractivity contribution in [2.75, 3.05) is 39.2 Å². The molecule has 5 nitrogen and oxygen atoms in total. The lowest BCUT2D eigenvalue weighted by atomic mass is 9.97. The van der Waals surface area contributed by atoms with Crippen molar-refractivity contribution < 1.29 is 9.53 Å². The third kappa shape index (κ3) is 5.69. The number of amides is 1. The average Bonchev–Trinajstić information content (AvgIpc) is 3.11. The molecule has 0 spiro atoms. The minimum atomic E-state index is 0. The first kappa shape index (κ1) is 25.4. The molecule has 3 rings (SSSR count). The van der Waals surface area contributed by atoms with Crippen molar-refractivity contribution in [3.63, 3.8) is 0 Å². The largest absolute Gasteiger partial charge is 0.494 e. The fraction of sp³-hybridized carbons (Fsp3) is 0.391. The number of likely N-dealkylation sites (N-methyl/N-ethyl adjacent to an activating group) is 1. The van der Waals surface area contributed by atoms with E-state index in [1.54, 1.807) is 24.1 Å². The number of aromatic nitrogens is 1. The summed E-state index contributed by atoms with van der Waals surface area (Å²) in [6.07, 6.45) is 0.339. The molecular formula is C23H29Cl2N3O2S. The minimum Gasteiger partial charge on any atom is -0.494 e. The van der Waals surface area contributed by atoms with E-state index >= 15 is 0 Å². The van der Waals surface area contributed by atoms with Crippen LogP contribution in [0.4, 0.5) is 5.13 Å². The average molecular weight is 482 g/mol. The number of fused-ring (bicyclic) bond motifs is 1. The van der Waals surface area contributed by atoms with Crippen LogP contribution in [0.15, 0.2) is 24.3 Å². The molecule has 8 heteroatoms. The molecule has 0 saturated heterocycles. The van der Waals surface area contributed by atoms with Crippen LogP contribution in [-0.4, -0.2) is 50.1 Å². The van der Waals surface area contributed by atoms with Crippen molar-refractivity contribution in [3.05, 3.63) is 51.5 Å². The normalized spacial score (nSPS) is 11.0. The topological polar surface area (TPSA) is 45.7 Å². The van der Waals surface area contributed by atoms with Gasteiger partial charge in [-0.3, -0.25) is 9.69 Å². The van der Waals surface area contributed by atoms with Crippen LogP contribution in [0.5, 0.6) is 5.75 Å². The van der Waals surface area contributed by atoms with Gasteiger partial charge in [0.25, 0.3) is 0 Å². The summed E-state index contributed by atoms with van der Waals surface area (Å²) in [4.78, 5) is 22.0. The van der Waals surface area contributed by atoms with Gasteiger partial charge in [0.15, 0.2) is 5.13 Å². The first-order valence-corrected chi connectivity index (χ1v) is 11.1. The quantitative estimate of drug-likeness (QED) is 0.450. The molecular weight excluding hydrogens is 453 g/mol. The monoisotopic (exact) mass is 481 g/mol. The Labute approximate surface area is 199 Å². The Balaban J connectivity index is 0.00000341. The molecule has 0 bridgehead atoms. The molecule has 0 radical (unpaired) electrons.